The molecule has 0 saturated carbocycles. The summed E-state index contributed by atoms with van der Waals surface area (Å²) in [6.45, 7) is 8.60. The number of carbonyl (C=O) groups excluding carboxylic acids is 1. The molecule has 24 heavy (non-hydrogen) atoms. The van der Waals surface area contributed by atoms with Crippen molar-refractivity contribution in [3.63, 3.8) is 0 Å². The van der Waals surface area contributed by atoms with E-state index in [1.54, 1.807) is 0 Å². The molecule has 0 spiro atoms. The number of hydrogen-bond acceptors (Lipinski definition) is 1. The summed E-state index contributed by atoms with van der Waals surface area (Å²) in [5, 5.41) is 3.32. The van der Waals surface area contributed by atoms with Gasteiger partial charge >= 0.3 is 6.03 Å². The lowest BCUT2D eigenvalue weighted by molar-refractivity contribution is 0.192. The van der Waals surface area contributed by atoms with Crippen LogP contribution in [0.15, 0.2) is 22.7 Å². The number of halogens is 1. The third-order valence-electron chi connectivity index (χ3n) is 5.67. The number of hydrogen-bond donors (Lipinski definition) is 1. The van der Waals surface area contributed by atoms with Gasteiger partial charge in [0.2, 0.25) is 0 Å². The van der Waals surface area contributed by atoms with Crippen molar-refractivity contribution in [2.24, 2.45) is 11.3 Å². The van der Waals surface area contributed by atoms with E-state index < -0.39 is 0 Å². The molecule has 1 fully saturated rings. The molecule has 3 nitrogen and oxygen atoms in total. The highest BCUT2D eigenvalue weighted by atomic mass is 79.9. The van der Waals surface area contributed by atoms with Crippen LogP contribution in [0.2, 0.25) is 0 Å². The van der Waals surface area contributed by atoms with Crippen LogP contribution in [0.5, 0.6) is 0 Å². The van der Waals surface area contributed by atoms with Gasteiger partial charge in [0.25, 0.3) is 0 Å². The Bertz CT molecular complexity index is 608. The molecule has 1 N–H and O–H groups in total. The smallest absolute Gasteiger partial charge is 0.317 e. The molecule has 0 aromatic heterocycles. The van der Waals surface area contributed by atoms with Crippen LogP contribution in [0.4, 0.5) is 4.79 Å². The van der Waals surface area contributed by atoms with Gasteiger partial charge in [-0.25, -0.2) is 4.79 Å². The minimum absolute atomic E-state index is 0.113. The maximum absolute atomic E-state index is 12.8. The monoisotopic (exact) mass is 392 g/mol. The van der Waals surface area contributed by atoms with Crippen molar-refractivity contribution in [1.29, 1.82) is 0 Å². The molecule has 0 radical (unpaired) electrons. The fourth-order valence-electron chi connectivity index (χ4n) is 3.99. The Balaban J connectivity index is 1.69. The summed E-state index contributed by atoms with van der Waals surface area (Å²) in [5.41, 5.74) is 2.95. The van der Waals surface area contributed by atoms with Crippen molar-refractivity contribution in [3.8, 4) is 0 Å². The normalized spacial score (nSPS) is 24.4. The van der Waals surface area contributed by atoms with Gasteiger partial charge in [0.15, 0.2) is 0 Å². The van der Waals surface area contributed by atoms with Crippen LogP contribution in [0.1, 0.15) is 63.6 Å². The van der Waals surface area contributed by atoms with Gasteiger partial charge in [-0.2, -0.15) is 0 Å². The maximum atomic E-state index is 12.8. The number of nitrogens with one attached hydrogen (secondary N) is 1. The van der Waals surface area contributed by atoms with Gasteiger partial charge in [0.1, 0.15) is 0 Å². The second-order valence-corrected chi connectivity index (χ2v) is 9.30. The van der Waals surface area contributed by atoms with E-state index in [1.165, 1.54) is 24.0 Å². The molecule has 0 bridgehead atoms. The summed E-state index contributed by atoms with van der Waals surface area (Å²) in [7, 11) is 0. The number of urea groups is 1. The molecule has 1 unspecified atom stereocenters. The number of amides is 2. The zero-order valence-electron chi connectivity index (χ0n) is 15.1. The van der Waals surface area contributed by atoms with Crippen molar-refractivity contribution < 1.29 is 4.79 Å². The molecular weight excluding hydrogens is 364 g/mol. The second kappa shape index (κ2) is 7.07. The molecule has 2 amide bonds. The molecular formula is C20H29BrN2O. The highest BCUT2D eigenvalue weighted by Crippen LogP contribution is 2.34. The number of rotatable bonds is 1. The molecule has 2 aliphatic rings. The van der Waals surface area contributed by atoms with Gasteiger partial charge < -0.3 is 10.2 Å². The van der Waals surface area contributed by atoms with E-state index in [4.69, 9.17) is 0 Å². The van der Waals surface area contributed by atoms with Crippen LogP contribution in [-0.2, 0) is 6.42 Å². The number of aryl methyl sites for hydroxylation is 1. The summed E-state index contributed by atoms with van der Waals surface area (Å²) in [6, 6.07) is 6.75. The van der Waals surface area contributed by atoms with Crippen LogP contribution in [0, 0.1) is 11.3 Å². The maximum Gasteiger partial charge on any atom is 0.317 e. The second-order valence-electron chi connectivity index (χ2n) is 8.39. The topological polar surface area (TPSA) is 32.3 Å². The number of fused-ring (bicyclic) bond motifs is 1. The third kappa shape index (κ3) is 3.96. The van der Waals surface area contributed by atoms with Crippen LogP contribution in [-0.4, -0.2) is 24.0 Å². The Morgan fingerprint density at radius 2 is 2.04 bits per heavy atom. The predicted octanol–water partition coefficient (Wildman–Crippen LogP) is 5.29. The van der Waals surface area contributed by atoms with E-state index in [2.05, 4.69) is 60.2 Å². The zero-order chi connectivity index (χ0) is 17.3. The Kier molecular flexibility index (Phi) is 5.24. The first-order valence-corrected chi connectivity index (χ1v) is 9.97. The van der Waals surface area contributed by atoms with Crippen molar-refractivity contribution in [2.45, 2.75) is 58.9 Å². The summed E-state index contributed by atoms with van der Waals surface area (Å²) >= 11 is 3.57. The largest absolute Gasteiger partial charge is 0.331 e. The van der Waals surface area contributed by atoms with Gasteiger partial charge in [0.05, 0.1) is 6.04 Å². The van der Waals surface area contributed by atoms with Gasteiger partial charge in [-0.1, -0.05) is 49.2 Å². The number of nitrogens with zero attached hydrogens (tertiary/aromatic N) is 1. The van der Waals surface area contributed by atoms with E-state index in [1.807, 2.05) is 4.90 Å². The summed E-state index contributed by atoms with van der Waals surface area (Å²) in [6.07, 6.45) is 5.63. The Hall–Kier alpha value is -1.03. The first-order chi connectivity index (χ1) is 11.3. The number of likely N-dealkylation sites (tertiary alicyclic amines) is 1. The highest BCUT2D eigenvalue weighted by Gasteiger charge is 2.34. The fraction of sp³-hybridized carbons (Fsp3) is 0.650. The third-order valence-corrected chi connectivity index (χ3v) is 6.16. The van der Waals surface area contributed by atoms with Gasteiger partial charge in [0, 0.05) is 17.6 Å². The molecule has 1 aliphatic heterocycles. The van der Waals surface area contributed by atoms with Crippen molar-refractivity contribution >= 4 is 22.0 Å². The standard InChI is InChI=1S/C20H29BrN2O/c1-20(2,3)15-10-11-23(13-15)19(24)22-18-7-5-4-6-14-12-16(21)8-9-17(14)18/h8-9,12,15,18H,4-7,10-11,13H2,1-3H3,(H,22,24)/t15?,18-/m1/s1. The summed E-state index contributed by atoms with van der Waals surface area (Å²) in [4.78, 5) is 14.8. The zero-order valence-corrected chi connectivity index (χ0v) is 16.7. The minimum Gasteiger partial charge on any atom is -0.331 e. The molecule has 132 valence electrons. The average molecular weight is 393 g/mol. The number of benzene rings is 1. The van der Waals surface area contributed by atoms with Gasteiger partial charge in [-0.3, -0.25) is 0 Å². The van der Waals surface area contributed by atoms with Gasteiger partial charge in [-0.05, 0) is 60.3 Å². The van der Waals surface area contributed by atoms with Crippen molar-refractivity contribution in [2.75, 3.05) is 13.1 Å². The van der Waals surface area contributed by atoms with Crippen LogP contribution in [0.25, 0.3) is 0 Å². The molecule has 1 saturated heterocycles. The lowest BCUT2D eigenvalue weighted by atomic mass is 9.80. The Morgan fingerprint density at radius 3 is 2.75 bits per heavy atom. The molecule has 1 aliphatic carbocycles. The minimum atomic E-state index is 0.113. The first kappa shape index (κ1) is 17.8. The van der Waals surface area contributed by atoms with E-state index in [0.29, 0.717) is 5.92 Å². The van der Waals surface area contributed by atoms with Crippen molar-refractivity contribution in [3.05, 3.63) is 33.8 Å². The van der Waals surface area contributed by atoms with Crippen molar-refractivity contribution in [1.82, 2.24) is 10.2 Å². The Labute approximate surface area is 154 Å². The number of carbonyl (C=O) groups is 1. The van der Waals surface area contributed by atoms with E-state index >= 15 is 0 Å². The fourth-order valence-corrected chi connectivity index (χ4v) is 4.40. The molecule has 2 atom stereocenters. The summed E-state index contributed by atoms with van der Waals surface area (Å²) in [5.74, 6) is 0.598. The van der Waals surface area contributed by atoms with E-state index in [0.717, 1.165) is 36.8 Å². The van der Waals surface area contributed by atoms with Crippen LogP contribution >= 0.6 is 15.9 Å². The molecule has 1 aromatic rings. The highest BCUT2D eigenvalue weighted by molar-refractivity contribution is 9.10. The Morgan fingerprint density at radius 1 is 1.25 bits per heavy atom. The SMILES string of the molecule is CC(C)(C)C1CCN(C(=O)N[C@@H]2CCCCc3cc(Br)ccc32)C1. The molecule has 4 heteroatoms. The molecule has 1 aromatic carbocycles. The molecule has 1 heterocycles. The molecule has 3 rings (SSSR count). The van der Waals surface area contributed by atoms with E-state index in [9.17, 15) is 4.79 Å². The van der Waals surface area contributed by atoms with Gasteiger partial charge in [-0.15, -0.1) is 0 Å². The first-order valence-electron chi connectivity index (χ1n) is 9.18. The average Bonchev–Trinajstić information content (AvgIpc) is 2.93. The lowest BCUT2D eigenvalue weighted by Crippen LogP contribution is -2.41. The van der Waals surface area contributed by atoms with Crippen LogP contribution in [0.3, 0.4) is 0 Å². The predicted molar refractivity (Wildman–Crippen MR) is 102 cm³/mol. The van der Waals surface area contributed by atoms with E-state index in [-0.39, 0.29) is 17.5 Å². The quantitative estimate of drug-likeness (QED) is 0.646. The summed E-state index contributed by atoms with van der Waals surface area (Å²) < 4.78 is 1.13. The lowest BCUT2D eigenvalue weighted by Gasteiger charge is -2.28. The van der Waals surface area contributed by atoms with Crippen LogP contribution < -0.4 is 5.32 Å².